The van der Waals surface area contributed by atoms with Crippen LogP contribution in [-0.2, 0) is 71.2 Å². The summed E-state index contributed by atoms with van der Waals surface area (Å²) >= 11 is 0. The Kier molecular flexibility index (Phi) is 17.9. The van der Waals surface area contributed by atoms with Crippen molar-refractivity contribution in [2.75, 3.05) is 53.2 Å². The maximum Gasteiger partial charge on any atom is 0.306 e. The maximum atomic E-state index is 13.0. The lowest BCUT2D eigenvalue weighted by Gasteiger charge is -2.48. The minimum Gasteiger partial charge on any atom is -0.467 e. The van der Waals surface area contributed by atoms with Gasteiger partial charge < -0.3 is 47.4 Å². The first kappa shape index (κ1) is 54.3. The molecule has 0 aromatic heterocycles. The van der Waals surface area contributed by atoms with Crippen LogP contribution in [0.1, 0.15) is 157 Å². The Morgan fingerprint density at radius 3 is 1.15 bits per heavy atom. The van der Waals surface area contributed by atoms with Crippen molar-refractivity contribution < 1.29 is 57.0 Å². The summed E-state index contributed by atoms with van der Waals surface area (Å²) in [6.45, 7) is 38.9. The van der Waals surface area contributed by atoms with Gasteiger partial charge in [-0.15, -0.1) is 0 Å². The van der Waals surface area contributed by atoms with Crippen LogP contribution in [0.3, 0.4) is 0 Å². The van der Waals surface area contributed by atoms with E-state index in [1.165, 1.54) is 0 Å². The molecule has 1 spiro atoms. The molecular weight excluding hydrogens is 829 g/mol. The average Bonchev–Trinajstić information content (AvgIpc) is 3.17. The highest BCUT2D eigenvalue weighted by Crippen LogP contribution is 2.40. The zero-order valence-electron chi connectivity index (χ0n) is 43.3. The standard InChI is InChI=1S/C53H84O12/c1-35-23-37(25-39(47(3,4)5)43(35)62-33-64-49(9,10)11)19-21-41(54)56-27-51(15,16)45-58-29-53(30-59-45)31-60-46(61-32-53)52(17,18)28-57-42(55)22-20-38-24-36(2)44(40(26-38)48(6,7)8)63-34-65-50(12,13)14/h23-26,45-46H,19-22,27-34H2,1-18H3. The van der Waals surface area contributed by atoms with E-state index in [2.05, 4.69) is 65.8 Å². The van der Waals surface area contributed by atoms with Gasteiger partial charge in [-0.1, -0.05) is 93.5 Å². The van der Waals surface area contributed by atoms with Gasteiger partial charge in [0.25, 0.3) is 0 Å². The van der Waals surface area contributed by atoms with Crippen LogP contribution in [0.2, 0.25) is 0 Å². The molecule has 2 aromatic carbocycles. The Bertz CT molecular complexity index is 1750. The lowest BCUT2D eigenvalue weighted by Crippen LogP contribution is -2.57. The fraction of sp³-hybridized carbons (Fsp3) is 0.736. The van der Waals surface area contributed by atoms with Gasteiger partial charge in [0.1, 0.15) is 24.7 Å². The molecule has 0 bridgehead atoms. The lowest BCUT2D eigenvalue weighted by atomic mass is 9.83. The smallest absolute Gasteiger partial charge is 0.306 e. The van der Waals surface area contributed by atoms with Gasteiger partial charge in [-0.25, -0.2) is 0 Å². The van der Waals surface area contributed by atoms with Gasteiger partial charge in [0, 0.05) is 34.8 Å². The fourth-order valence-corrected chi connectivity index (χ4v) is 7.58. The van der Waals surface area contributed by atoms with E-state index in [0.29, 0.717) is 39.3 Å². The van der Waals surface area contributed by atoms with E-state index in [1.807, 2.05) is 83.1 Å². The first-order valence-electron chi connectivity index (χ1n) is 23.4. The Morgan fingerprint density at radius 2 is 0.862 bits per heavy atom. The van der Waals surface area contributed by atoms with Crippen molar-refractivity contribution in [3.05, 3.63) is 57.6 Å². The van der Waals surface area contributed by atoms with Crippen LogP contribution in [0, 0.1) is 30.1 Å². The molecule has 65 heavy (non-hydrogen) atoms. The van der Waals surface area contributed by atoms with E-state index < -0.39 is 28.8 Å². The van der Waals surface area contributed by atoms with Gasteiger partial charge in [-0.05, 0) is 101 Å². The first-order valence-corrected chi connectivity index (χ1v) is 23.4. The second-order valence-electron chi connectivity index (χ2n) is 23.8. The number of hydrogen-bond acceptors (Lipinski definition) is 12. The molecule has 0 unspecified atom stereocenters. The predicted octanol–water partition coefficient (Wildman–Crippen LogP) is 10.6. The van der Waals surface area contributed by atoms with E-state index in [9.17, 15) is 9.59 Å². The van der Waals surface area contributed by atoms with Crippen LogP contribution in [0.5, 0.6) is 11.5 Å². The molecule has 2 aliphatic heterocycles. The molecule has 0 saturated carbocycles. The summed E-state index contributed by atoms with van der Waals surface area (Å²) in [6, 6.07) is 8.40. The van der Waals surface area contributed by atoms with Gasteiger partial charge >= 0.3 is 11.9 Å². The van der Waals surface area contributed by atoms with Crippen LogP contribution < -0.4 is 9.47 Å². The van der Waals surface area contributed by atoms with Gasteiger partial charge in [0.05, 0.1) is 43.0 Å². The number of esters is 2. The molecule has 0 radical (unpaired) electrons. The van der Waals surface area contributed by atoms with Crippen molar-refractivity contribution in [3.8, 4) is 11.5 Å². The van der Waals surface area contributed by atoms with Gasteiger partial charge in [-0.3, -0.25) is 9.59 Å². The average molecular weight is 913 g/mol. The normalized spacial score (nSPS) is 20.2. The van der Waals surface area contributed by atoms with Crippen molar-refractivity contribution in [2.24, 2.45) is 16.2 Å². The van der Waals surface area contributed by atoms with Crippen molar-refractivity contribution in [3.63, 3.8) is 0 Å². The number of benzene rings is 2. The zero-order chi connectivity index (χ0) is 48.8. The number of rotatable bonds is 18. The Morgan fingerprint density at radius 1 is 0.538 bits per heavy atom. The van der Waals surface area contributed by atoms with Crippen molar-refractivity contribution in [1.29, 1.82) is 0 Å². The van der Waals surface area contributed by atoms with Crippen LogP contribution in [0.25, 0.3) is 0 Å². The zero-order valence-corrected chi connectivity index (χ0v) is 43.3. The van der Waals surface area contributed by atoms with Crippen molar-refractivity contribution >= 4 is 11.9 Å². The fourth-order valence-electron chi connectivity index (χ4n) is 7.58. The van der Waals surface area contributed by atoms with E-state index >= 15 is 0 Å². The highest BCUT2D eigenvalue weighted by Gasteiger charge is 2.48. The molecule has 2 aromatic rings. The first-order chi connectivity index (χ1) is 29.8. The summed E-state index contributed by atoms with van der Waals surface area (Å²) in [6.07, 6.45) is 0.408. The molecule has 12 nitrogen and oxygen atoms in total. The number of hydrogen-bond donors (Lipinski definition) is 0. The summed E-state index contributed by atoms with van der Waals surface area (Å²) in [4.78, 5) is 26.1. The van der Waals surface area contributed by atoms with E-state index in [-0.39, 0.29) is 73.6 Å². The lowest BCUT2D eigenvalue weighted by molar-refractivity contribution is -0.337. The summed E-state index contributed by atoms with van der Waals surface area (Å²) in [5, 5.41) is 0. The SMILES string of the molecule is Cc1cc(CCC(=O)OCC(C)(C)C2OCC3(CO2)COC(C(C)(C)COC(=O)CCc2cc(C)c(OCOC(C)(C)C)c(C(C)(C)C)c2)OC3)cc(C(C)(C)C)c1OCOC(C)(C)C. The van der Waals surface area contributed by atoms with E-state index in [4.69, 9.17) is 47.4 Å². The molecule has 0 atom stereocenters. The van der Waals surface area contributed by atoms with Crippen molar-refractivity contribution in [2.45, 2.75) is 185 Å². The molecule has 0 amide bonds. The molecule has 0 N–H and O–H groups in total. The largest absolute Gasteiger partial charge is 0.467 e. The van der Waals surface area contributed by atoms with Crippen molar-refractivity contribution in [1.82, 2.24) is 0 Å². The second-order valence-corrected chi connectivity index (χ2v) is 23.8. The summed E-state index contributed by atoms with van der Waals surface area (Å²) in [7, 11) is 0. The molecule has 2 fully saturated rings. The molecular formula is C53H84O12. The van der Waals surface area contributed by atoms with Crippen LogP contribution in [0.4, 0.5) is 0 Å². The van der Waals surface area contributed by atoms with Crippen LogP contribution >= 0.6 is 0 Å². The Hall–Kier alpha value is -3.26. The number of aryl methyl sites for hydroxylation is 4. The molecule has 2 saturated heterocycles. The Labute approximate surface area is 391 Å². The Balaban J connectivity index is 1.20. The molecule has 2 aliphatic rings. The minimum atomic E-state index is -0.598. The van der Waals surface area contributed by atoms with Gasteiger partial charge in [-0.2, -0.15) is 0 Å². The highest BCUT2D eigenvalue weighted by molar-refractivity contribution is 5.70. The minimum absolute atomic E-state index is 0.144. The van der Waals surface area contributed by atoms with Gasteiger partial charge in [0.15, 0.2) is 26.2 Å². The maximum absolute atomic E-state index is 13.0. The molecule has 0 aliphatic carbocycles. The molecule has 368 valence electrons. The summed E-state index contributed by atoms with van der Waals surface area (Å²) < 4.78 is 60.6. The number of ether oxygens (including phenoxy) is 10. The number of carbonyl (C=O) groups excluding carboxylic acids is 2. The summed E-state index contributed by atoms with van der Waals surface area (Å²) in [5.41, 5.74) is 3.62. The van der Waals surface area contributed by atoms with Crippen LogP contribution in [0.15, 0.2) is 24.3 Å². The van der Waals surface area contributed by atoms with E-state index in [1.54, 1.807) is 0 Å². The third-order valence-electron chi connectivity index (χ3n) is 11.6. The van der Waals surface area contributed by atoms with Gasteiger partial charge in [0.2, 0.25) is 0 Å². The predicted molar refractivity (Wildman–Crippen MR) is 252 cm³/mol. The quantitative estimate of drug-likeness (QED) is 0.104. The third kappa shape index (κ3) is 16.5. The third-order valence-corrected chi connectivity index (χ3v) is 11.6. The molecule has 12 heteroatoms. The summed E-state index contributed by atoms with van der Waals surface area (Å²) in [5.74, 6) is 1.08. The second kappa shape index (κ2) is 21.4. The molecule has 4 rings (SSSR count). The highest BCUT2D eigenvalue weighted by atomic mass is 16.7. The van der Waals surface area contributed by atoms with E-state index in [0.717, 1.165) is 44.9 Å². The monoisotopic (exact) mass is 913 g/mol. The van der Waals surface area contributed by atoms with Crippen LogP contribution in [-0.4, -0.2) is 88.9 Å². The topological polar surface area (TPSA) is 126 Å². The number of carbonyl (C=O) groups is 2. The molecule has 2 heterocycles.